The number of aryl methyl sites for hydroxylation is 1. The van der Waals surface area contributed by atoms with Crippen molar-refractivity contribution in [3.05, 3.63) is 42.5 Å². The topological polar surface area (TPSA) is 58.2 Å². The molecule has 2 rings (SSSR count). The summed E-state index contributed by atoms with van der Waals surface area (Å²) in [5.41, 5.74) is 2.06. The van der Waals surface area contributed by atoms with Crippen LogP contribution in [0.3, 0.4) is 0 Å². The third kappa shape index (κ3) is 4.68. The highest BCUT2D eigenvalue weighted by Gasteiger charge is 2.29. The molecule has 1 aromatic carbocycles. The second-order valence-corrected chi connectivity index (χ2v) is 6.08. The Morgan fingerprint density at radius 1 is 1.13 bits per heavy atom. The Labute approximate surface area is 138 Å². The van der Waals surface area contributed by atoms with Gasteiger partial charge in [-0.1, -0.05) is 31.2 Å². The normalized spacial score (nSPS) is 20.6. The number of hydrogen-bond donors (Lipinski definition) is 2. The molecule has 0 aliphatic heterocycles. The summed E-state index contributed by atoms with van der Waals surface area (Å²) in [4.78, 5) is 24.4. The van der Waals surface area contributed by atoms with Crippen LogP contribution in [0.15, 0.2) is 36.9 Å². The van der Waals surface area contributed by atoms with Gasteiger partial charge in [0, 0.05) is 24.1 Å². The summed E-state index contributed by atoms with van der Waals surface area (Å²) in [5, 5.41) is 5.90. The number of amides is 2. The third-order valence-electron chi connectivity index (χ3n) is 4.55. The van der Waals surface area contributed by atoms with E-state index in [1.807, 2.05) is 24.3 Å². The highest BCUT2D eigenvalue weighted by atomic mass is 16.2. The van der Waals surface area contributed by atoms with Crippen molar-refractivity contribution in [1.29, 1.82) is 0 Å². The maximum Gasteiger partial charge on any atom is 0.227 e. The predicted octanol–water partition coefficient (Wildman–Crippen LogP) is 3.30. The minimum atomic E-state index is 0.00312. The molecule has 0 unspecified atom stereocenters. The lowest BCUT2D eigenvalue weighted by molar-refractivity contribution is -0.128. The van der Waals surface area contributed by atoms with Crippen LogP contribution >= 0.6 is 0 Å². The maximum absolute atomic E-state index is 12.5. The third-order valence-corrected chi connectivity index (χ3v) is 4.55. The molecule has 0 radical (unpaired) electrons. The van der Waals surface area contributed by atoms with Crippen molar-refractivity contribution in [1.82, 2.24) is 5.32 Å². The number of anilines is 1. The van der Waals surface area contributed by atoms with Crippen LogP contribution in [0.4, 0.5) is 5.69 Å². The first-order valence-electron chi connectivity index (χ1n) is 8.43. The van der Waals surface area contributed by atoms with Crippen molar-refractivity contribution in [2.45, 2.75) is 39.0 Å². The molecule has 0 saturated heterocycles. The molecule has 0 spiro atoms. The van der Waals surface area contributed by atoms with Gasteiger partial charge in [0.05, 0.1) is 0 Å². The molecule has 124 valence electrons. The molecular formula is C19H26N2O2. The molecule has 2 amide bonds. The van der Waals surface area contributed by atoms with Gasteiger partial charge in [0.15, 0.2) is 0 Å². The van der Waals surface area contributed by atoms with E-state index in [0.29, 0.717) is 6.54 Å². The van der Waals surface area contributed by atoms with E-state index in [2.05, 4.69) is 24.1 Å². The summed E-state index contributed by atoms with van der Waals surface area (Å²) in [5.74, 6) is 0.196. The number of rotatable bonds is 6. The van der Waals surface area contributed by atoms with Gasteiger partial charge < -0.3 is 10.6 Å². The van der Waals surface area contributed by atoms with Gasteiger partial charge in [0.1, 0.15) is 0 Å². The fourth-order valence-corrected chi connectivity index (χ4v) is 3.12. The van der Waals surface area contributed by atoms with Gasteiger partial charge in [0.2, 0.25) is 11.8 Å². The van der Waals surface area contributed by atoms with Crippen molar-refractivity contribution in [3.63, 3.8) is 0 Å². The van der Waals surface area contributed by atoms with Gasteiger partial charge in [-0.2, -0.15) is 0 Å². The lowest BCUT2D eigenvalue weighted by Crippen LogP contribution is -2.35. The van der Waals surface area contributed by atoms with Crippen molar-refractivity contribution in [3.8, 4) is 0 Å². The van der Waals surface area contributed by atoms with E-state index in [9.17, 15) is 9.59 Å². The fourth-order valence-electron chi connectivity index (χ4n) is 3.12. The molecule has 0 atom stereocenters. The van der Waals surface area contributed by atoms with E-state index < -0.39 is 0 Å². The summed E-state index contributed by atoms with van der Waals surface area (Å²) in [7, 11) is 0. The molecular weight excluding hydrogens is 288 g/mol. The molecule has 2 N–H and O–H groups in total. The van der Waals surface area contributed by atoms with Crippen LogP contribution in [0.1, 0.15) is 38.2 Å². The van der Waals surface area contributed by atoms with Crippen molar-refractivity contribution >= 4 is 17.5 Å². The van der Waals surface area contributed by atoms with Crippen LogP contribution in [-0.2, 0) is 16.0 Å². The van der Waals surface area contributed by atoms with Gasteiger partial charge in [-0.05, 0) is 43.7 Å². The molecule has 4 heteroatoms. The zero-order valence-electron chi connectivity index (χ0n) is 13.8. The summed E-state index contributed by atoms with van der Waals surface area (Å²) in [6, 6.07) is 7.92. The number of carbonyl (C=O) groups is 2. The summed E-state index contributed by atoms with van der Waals surface area (Å²) < 4.78 is 0. The zero-order valence-corrected chi connectivity index (χ0v) is 13.8. The van der Waals surface area contributed by atoms with Gasteiger partial charge in [-0.15, -0.1) is 6.58 Å². The zero-order chi connectivity index (χ0) is 16.7. The second-order valence-electron chi connectivity index (χ2n) is 6.08. The lowest BCUT2D eigenvalue weighted by atomic mass is 9.81. The maximum atomic E-state index is 12.5. The number of carbonyl (C=O) groups excluding carboxylic acids is 2. The number of nitrogens with one attached hydrogen (secondary N) is 2. The monoisotopic (exact) mass is 314 g/mol. The molecule has 0 heterocycles. The van der Waals surface area contributed by atoms with Gasteiger partial charge in [-0.25, -0.2) is 0 Å². The smallest absolute Gasteiger partial charge is 0.227 e. The van der Waals surface area contributed by atoms with Gasteiger partial charge >= 0.3 is 0 Å². The molecule has 4 nitrogen and oxygen atoms in total. The quantitative estimate of drug-likeness (QED) is 0.792. The average molecular weight is 314 g/mol. The van der Waals surface area contributed by atoms with Crippen molar-refractivity contribution in [2.75, 3.05) is 11.9 Å². The summed E-state index contributed by atoms with van der Waals surface area (Å²) in [6.07, 6.45) is 5.67. The first-order chi connectivity index (χ1) is 11.2. The first kappa shape index (κ1) is 17.3. The van der Waals surface area contributed by atoms with Crippen LogP contribution in [0.5, 0.6) is 0 Å². The summed E-state index contributed by atoms with van der Waals surface area (Å²) >= 11 is 0. The largest absolute Gasteiger partial charge is 0.352 e. The fraction of sp³-hybridized carbons (Fsp3) is 0.474. The van der Waals surface area contributed by atoms with Crippen molar-refractivity contribution in [2.24, 2.45) is 11.8 Å². The van der Waals surface area contributed by atoms with Crippen molar-refractivity contribution < 1.29 is 9.59 Å². The Kier molecular flexibility index (Phi) is 6.39. The number of benzene rings is 1. The lowest BCUT2D eigenvalue weighted by Gasteiger charge is -2.27. The molecule has 1 saturated carbocycles. The predicted molar refractivity (Wildman–Crippen MR) is 93.1 cm³/mol. The Bertz CT molecular complexity index is 560. The van der Waals surface area contributed by atoms with E-state index in [1.165, 1.54) is 0 Å². The highest BCUT2D eigenvalue weighted by Crippen LogP contribution is 2.30. The van der Waals surface area contributed by atoms with Gasteiger partial charge in [0.25, 0.3) is 0 Å². The van der Waals surface area contributed by atoms with E-state index in [-0.39, 0.29) is 23.7 Å². The Hall–Kier alpha value is -2.10. The highest BCUT2D eigenvalue weighted by molar-refractivity contribution is 5.93. The van der Waals surface area contributed by atoms with E-state index in [4.69, 9.17) is 0 Å². The van der Waals surface area contributed by atoms with Crippen LogP contribution in [-0.4, -0.2) is 18.4 Å². The Balaban J connectivity index is 1.86. The molecule has 23 heavy (non-hydrogen) atoms. The minimum Gasteiger partial charge on any atom is -0.352 e. The van der Waals surface area contributed by atoms with Crippen LogP contribution in [0.25, 0.3) is 0 Å². The van der Waals surface area contributed by atoms with E-state index in [0.717, 1.165) is 43.4 Å². The molecule has 1 aliphatic carbocycles. The van der Waals surface area contributed by atoms with Crippen LogP contribution < -0.4 is 10.6 Å². The Morgan fingerprint density at radius 3 is 2.35 bits per heavy atom. The second kappa shape index (κ2) is 8.51. The first-order valence-corrected chi connectivity index (χ1v) is 8.43. The molecule has 0 bridgehead atoms. The van der Waals surface area contributed by atoms with E-state index >= 15 is 0 Å². The summed E-state index contributed by atoms with van der Waals surface area (Å²) in [6.45, 7) is 6.19. The number of hydrogen-bond acceptors (Lipinski definition) is 2. The molecule has 1 fully saturated rings. The van der Waals surface area contributed by atoms with E-state index in [1.54, 1.807) is 6.08 Å². The standard InChI is InChI=1S/C19H26N2O2/c1-3-13-20-18(22)15-9-11-16(12-10-15)19(23)21-17-8-6-5-7-14(17)4-2/h3,5-8,15-16H,1,4,9-13H2,2H3,(H,20,22)(H,21,23). The van der Waals surface area contributed by atoms with Crippen LogP contribution in [0, 0.1) is 11.8 Å². The molecule has 1 aromatic rings. The SMILES string of the molecule is C=CCNC(=O)C1CCC(C(=O)Nc2ccccc2CC)CC1. The number of para-hydroxylation sites is 1. The molecule has 0 aromatic heterocycles. The average Bonchev–Trinajstić information content (AvgIpc) is 2.60. The Morgan fingerprint density at radius 2 is 1.74 bits per heavy atom. The van der Waals surface area contributed by atoms with Crippen LogP contribution in [0.2, 0.25) is 0 Å². The minimum absolute atomic E-state index is 0.00312. The molecule has 1 aliphatic rings. The van der Waals surface area contributed by atoms with Gasteiger partial charge in [-0.3, -0.25) is 9.59 Å².